The van der Waals surface area contributed by atoms with Crippen molar-refractivity contribution in [3.8, 4) is 5.69 Å². The summed E-state index contributed by atoms with van der Waals surface area (Å²) in [6.45, 7) is 1.85. The van der Waals surface area contributed by atoms with Crippen LogP contribution in [0.1, 0.15) is 18.5 Å². The standard InChI is InChI=1S/C19H15ClFN5O/c1-11(24-18-8-13(2-3-23-18)26-5-4-22-10-26)14-6-12-7-15(20)16(21)9-17(12)25-19(14)27/h2-11H,1H3,(H,23,24)(H,25,27)/t11-/m0/s1. The number of aromatic nitrogens is 4. The topological polar surface area (TPSA) is 75.6 Å². The Balaban J connectivity index is 1.66. The van der Waals surface area contributed by atoms with E-state index in [9.17, 15) is 9.18 Å². The number of hydrogen-bond acceptors (Lipinski definition) is 4. The van der Waals surface area contributed by atoms with E-state index in [4.69, 9.17) is 11.6 Å². The number of nitrogens with one attached hydrogen (secondary N) is 2. The van der Waals surface area contributed by atoms with Gasteiger partial charge in [0.15, 0.2) is 0 Å². The van der Waals surface area contributed by atoms with Crippen molar-refractivity contribution in [1.29, 1.82) is 0 Å². The molecule has 4 aromatic rings. The van der Waals surface area contributed by atoms with Crippen molar-refractivity contribution in [2.24, 2.45) is 0 Å². The van der Waals surface area contributed by atoms with Crippen LogP contribution < -0.4 is 10.9 Å². The van der Waals surface area contributed by atoms with Gasteiger partial charge in [0.25, 0.3) is 5.56 Å². The van der Waals surface area contributed by atoms with Crippen LogP contribution in [0.5, 0.6) is 0 Å². The summed E-state index contributed by atoms with van der Waals surface area (Å²) in [7, 11) is 0. The zero-order chi connectivity index (χ0) is 19.0. The van der Waals surface area contributed by atoms with Gasteiger partial charge in [-0.2, -0.15) is 0 Å². The van der Waals surface area contributed by atoms with Gasteiger partial charge in [-0.15, -0.1) is 0 Å². The number of nitrogens with zero attached hydrogens (tertiary/aromatic N) is 3. The van der Waals surface area contributed by atoms with E-state index >= 15 is 0 Å². The Kier molecular flexibility index (Phi) is 4.37. The van der Waals surface area contributed by atoms with Gasteiger partial charge in [-0.05, 0) is 31.2 Å². The van der Waals surface area contributed by atoms with Crippen LogP contribution in [0.4, 0.5) is 10.2 Å². The molecule has 0 aliphatic heterocycles. The predicted octanol–water partition coefficient (Wildman–Crippen LogP) is 4.07. The van der Waals surface area contributed by atoms with Crippen LogP contribution in [-0.4, -0.2) is 19.5 Å². The third-order valence-electron chi connectivity index (χ3n) is 4.29. The molecule has 0 fully saturated rings. The van der Waals surface area contributed by atoms with E-state index in [1.54, 1.807) is 24.8 Å². The SMILES string of the molecule is C[C@H](Nc1cc(-n2ccnc2)ccn1)c1cc2cc(Cl)c(F)cc2[nH]c1=O. The van der Waals surface area contributed by atoms with Gasteiger partial charge in [0, 0.05) is 35.6 Å². The summed E-state index contributed by atoms with van der Waals surface area (Å²) >= 11 is 5.86. The highest BCUT2D eigenvalue weighted by Crippen LogP contribution is 2.24. The molecule has 4 rings (SSSR count). The smallest absolute Gasteiger partial charge is 0.253 e. The van der Waals surface area contributed by atoms with Crippen LogP contribution in [0.25, 0.3) is 16.6 Å². The third kappa shape index (κ3) is 3.41. The molecule has 0 saturated heterocycles. The largest absolute Gasteiger partial charge is 0.363 e. The average molecular weight is 384 g/mol. The fourth-order valence-electron chi connectivity index (χ4n) is 2.91. The molecule has 0 unspecified atom stereocenters. The average Bonchev–Trinajstić information content (AvgIpc) is 3.17. The van der Waals surface area contributed by atoms with Crippen molar-refractivity contribution >= 4 is 28.3 Å². The van der Waals surface area contributed by atoms with Gasteiger partial charge in [-0.1, -0.05) is 11.6 Å². The maximum atomic E-state index is 13.6. The number of aromatic amines is 1. The summed E-state index contributed by atoms with van der Waals surface area (Å²) in [5, 5.41) is 3.89. The van der Waals surface area contributed by atoms with Crippen LogP contribution in [0.15, 0.2) is 60.0 Å². The van der Waals surface area contributed by atoms with E-state index in [1.807, 2.05) is 29.8 Å². The molecule has 8 heteroatoms. The van der Waals surface area contributed by atoms with Gasteiger partial charge in [0.2, 0.25) is 0 Å². The van der Waals surface area contributed by atoms with Crippen molar-refractivity contribution < 1.29 is 4.39 Å². The molecule has 0 aliphatic rings. The predicted molar refractivity (Wildman–Crippen MR) is 103 cm³/mol. The molecule has 27 heavy (non-hydrogen) atoms. The first kappa shape index (κ1) is 17.2. The first-order valence-corrected chi connectivity index (χ1v) is 8.62. The van der Waals surface area contributed by atoms with Gasteiger partial charge < -0.3 is 14.9 Å². The molecule has 136 valence electrons. The van der Waals surface area contributed by atoms with Crippen molar-refractivity contribution in [1.82, 2.24) is 19.5 Å². The van der Waals surface area contributed by atoms with E-state index in [-0.39, 0.29) is 16.6 Å². The summed E-state index contributed by atoms with van der Waals surface area (Å²) in [5.41, 5.74) is 1.50. The van der Waals surface area contributed by atoms with Crippen LogP contribution in [0, 0.1) is 5.82 Å². The van der Waals surface area contributed by atoms with Gasteiger partial charge in [0.05, 0.1) is 28.6 Å². The van der Waals surface area contributed by atoms with Crippen LogP contribution in [0.2, 0.25) is 5.02 Å². The van der Waals surface area contributed by atoms with Crippen LogP contribution in [0.3, 0.4) is 0 Å². The number of imidazole rings is 1. The second-order valence-electron chi connectivity index (χ2n) is 6.14. The number of hydrogen-bond donors (Lipinski definition) is 2. The summed E-state index contributed by atoms with van der Waals surface area (Å²) in [4.78, 5) is 23.5. The zero-order valence-electron chi connectivity index (χ0n) is 14.3. The summed E-state index contributed by atoms with van der Waals surface area (Å²) in [6, 6.07) is 7.81. The van der Waals surface area contributed by atoms with Gasteiger partial charge >= 0.3 is 0 Å². The molecule has 0 aliphatic carbocycles. The molecule has 0 bridgehead atoms. The maximum absolute atomic E-state index is 13.6. The molecule has 6 nitrogen and oxygen atoms in total. The number of H-pyrrole nitrogens is 1. The van der Waals surface area contributed by atoms with Crippen LogP contribution in [-0.2, 0) is 0 Å². The fourth-order valence-corrected chi connectivity index (χ4v) is 3.08. The zero-order valence-corrected chi connectivity index (χ0v) is 15.0. The Morgan fingerprint density at radius 1 is 1.26 bits per heavy atom. The van der Waals surface area contributed by atoms with E-state index in [2.05, 4.69) is 20.3 Å². The molecule has 2 N–H and O–H groups in total. The lowest BCUT2D eigenvalue weighted by Gasteiger charge is -2.15. The molecule has 0 spiro atoms. The van der Waals surface area contributed by atoms with Crippen molar-refractivity contribution in [3.63, 3.8) is 0 Å². The highest BCUT2D eigenvalue weighted by molar-refractivity contribution is 6.31. The van der Waals surface area contributed by atoms with Gasteiger partial charge in [0.1, 0.15) is 11.6 Å². The molecule has 0 radical (unpaired) electrons. The number of anilines is 1. The summed E-state index contributed by atoms with van der Waals surface area (Å²) < 4.78 is 15.5. The molecule has 3 aromatic heterocycles. The molecular formula is C19H15ClFN5O. The highest BCUT2D eigenvalue weighted by Gasteiger charge is 2.13. The molecule has 1 atom stereocenters. The Labute approximate surface area is 158 Å². The number of halogens is 2. The third-order valence-corrected chi connectivity index (χ3v) is 4.58. The van der Waals surface area contributed by atoms with Crippen molar-refractivity contribution in [3.05, 3.63) is 82.0 Å². The normalized spacial score (nSPS) is 12.3. The Bertz CT molecular complexity index is 1170. The minimum Gasteiger partial charge on any atom is -0.363 e. The Hall–Kier alpha value is -3.19. The molecule has 3 heterocycles. The van der Waals surface area contributed by atoms with E-state index in [1.165, 1.54) is 12.1 Å². The molecular weight excluding hydrogens is 369 g/mol. The minimum atomic E-state index is -0.570. The number of fused-ring (bicyclic) bond motifs is 1. The fraction of sp³-hybridized carbons (Fsp3) is 0.105. The van der Waals surface area contributed by atoms with Crippen molar-refractivity contribution in [2.75, 3.05) is 5.32 Å². The second-order valence-corrected chi connectivity index (χ2v) is 6.55. The maximum Gasteiger partial charge on any atom is 0.253 e. The Morgan fingerprint density at radius 2 is 2.11 bits per heavy atom. The first-order valence-electron chi connectivity index (χ1n) is 8.24. The quantitative estimate of drug-likeness (QED) is 0.557. The van der Waals surface area contributed by atoms with Gasteiger partial charge in [-0.25, -0.2) is 14.4 Å². The summed E-state index contributed by atoms with van der Waals surface area (Å²) in [5.74, 6) is 0.0459. The molecule has 0 saturated carbocycles. The van der Waals surface area contributed by atoms with E-state index in [0.717, 1.165) is 5.69 Å². The van der Waals surface area contributed by atoms with E-state index in [0.29, 0.717) is 22.3 Å². The number of benzene rings is 1. The Morgan fingerprint density at radius 3 is 2.89 bits per heavy atom. The monoisotopic (exact) mass is 383 g/mol. The number of pyridine rings is 2. The lowest BCUT2D eigenvalue weighted by molar-refractivity contribution is 0.629. The van der Waals surface area contributed by atoms with Crippen LogP contribution >= 0.6 is 11.6 Å². The van der Waals surface area contributed by atoms with E-state index < -0.39 is 5.82 Å². The van der Waals surface area contributed by atoms with Crippen molar-refractivity contribution in [2.45, 2.75) is 13.0 Å². The van der Waals surface area contributed by atoms with Gasteiger partial charge in [-0.3, -0.25) is 4.79 Å². The molecule has 1 aromatic carbocycles. The highest BCUT2D eigenvalue weighted by atomic mass is 35.5. The first-order chi connectivity index (χ1) is 13.0. The summed E-state index contributed by atoms with van der Waals surface area (Å²) in [6.07, 6.45) is 6.90. The lowest BCUT2D eigenvalue weighted by Crippen LogP contribution is -2.20. The second kappa shape index (κ2) is 6.85. The lowest BCUT2D eigenvalue weighted by atomic mass is 10.1. The molecule has 0 amide bonds. The number of rotatable bonds is 4. The minimum absolute atomic E-state index is 0.0100.